The lowest BCUT2D eigenvalue weighted by Crippen LogP contribution is -2.18. The monoisotopic (exact) mass is 258 g/mol. The summed E-state index contributed by atoms with van der Waals surface area (Å²) in [6.07, 6.45) is 0. The van der Waals surface area contributed by atoms with E-state index in [0.29, 0.717) is 11.3 Å². The highest BCUT2D eigenvalue weighted by atomic mass is 32.2. The smallest absolute Gasteiger partial charge is 0.252 e. The van der Waals surface area contributed by atoms with Crippen LogP contribution in [-0.4, -0.2) is 13.0 Å². The van der Waals surface area contributed by atoms with Gasteiger partial charge in [0.2, 0.25) is 0 Å². The molecule has 0 radical (unpaired) electrons. The summed E-state index contributed by atoms with van der Waals surface area (Å²) in [7, 11) is 1.63. The summed E-state index contributed by atoms with van der Waals surface area (Å²) in [4.78, 5) is 13.6. The molecular formula is C14H14N2OS. The Morgan fingerprint density at radius 2 is 1.67 bits per heavy atom. The zero-order chi connectivity index (χ0) is 13.0. The molecule has 3 N–H and O–H groups in total. The summed E-state index contributed by atoms with van der Waals surface area (Å²) < 4.78 is 0. The first-order valence-corrected chi connectivity index (χ1v) is 6.37. The van der Waals surface area contributed by atoms with Gasteiger partial charge in [-0.2, -0.15) is 0 Å². The number of amides is 1. The first-order valence-electron chi connectivity index (χ1n) is 5.56. The second-order valence-electron chi connectivity index (χ2n) is 3.72. The van der Waals surface area contributed by atoms with Crippen LogP contribution in [0.5, 0.6) is 0 Å². The van der Waals surface area contributed by atoms with Gasteiger partial charge in [-0.05, 0) is 24.3 Å². The van der Waals surface area contributed by atoms with Crippen LogP contribution in [0, 0.1) is 0 Å². The molecule has 1 amide bonds. The van der Waals surface area contributed by atoms with E-state index in [1.54, 1.807) is 13.1 Å². The van der Waals surface area contributed by atoms with Crippen molar-refractivity contribution in [1.29, 1.82) is 0 Å². The van der Waals surface area contributed by atoms with Crippen LogP contribution in [0.25, 0.3) is 0 Å². The molecular weight excluding hydrogens is 244 g/mol. The van der Waals surface area contributed by atoms with Crippen molar-refractivity contribution < 1.29 is 4.79 Å². The number of rotatable bonds is 3. The molecule has 0 fully saturated rings. The third kappa shape index (κ3) is 2.65. The molecule has 4 heteroatoms. The molecule has 0 atom stereocenters. The zero-order valence-electron chi connectivity index (χ0n) is 10.0. The quantitative estimate of drug-likeness (QED) is 0.832. The van der Waals surface area contributed by atoms with Crippen LogP contribution in [0.15, 0.2) is 58.3 Å². The van der Waals surface area contributed by atoms with Crippen molar-refractivity contribution in [2.45, 2.75) is 9.79 Å². The van der Waals surface area contributed by atoms with Crippen LogP contribution in [0.1, 0.15) is 10.4 Å². The summed E-state index contributed by atoms with van der Waals surface area (Å²) >= 11 is 1.50. The molecule has 0 bridgehead atoms. The third-order valence-corrected chi connectivity index (χ3v) is 3.67. The Labute approximate surface area is 110 Å². The normalized spacial score (nSPS) is 10.1. The minimum Gasteiger partial charge on any atom is -0.398 e. The average molecular weight is 258 g/mol. The van der Waals surface area contributed by atoms with Crippen LogP contribution in [0.2, 0.25) is 0 Å². The number of hydrogen-bond donors (Lipinski definition) is 2. The van der Waals surface area contributed by atoms with Crippen molar-refractivity contribution in [3.05, 3.63) is 54.1 Å². The second-order valence-corrected chi connectivity index (χ2v) is 4.80. The maximum absolute atomic E-state index is 11.8. The van der Waals surface area contributed by atoms with Gasteiger partial charge in [-0.3, -0.25) is 4.79 Å². The largest absolute Gasteiger partial charge is 0.398 e. The van der Waals surface area contributed by atoms with Crippen molar-refractivity contribution in [2.24, 2.45) is 0 Å². The molecule has 0 aromatic heterocycles. The van der Waals surface area contributed by atoms with Crippen LogP contribution in [0.4, 0.5) is 5.69 Å². The summed E-state index contributed by atoms with van der Waals surface area (Å²) in [6.45, 7) is 0. The molecule has 0 aliphatic rings. The van der Waals surface area contributed by atoms with Gasteiger partial charge in [0.25, 0.3) is 5.91 Å². The van der Waals surface area contributed by atoms with E-state index >= 15 is 0 Å². The van der Waals surface area contributed by atoms with Gasteiger partial charge in [0.1, 0.15) is 0 Å². The number of hydrogen-bond acceptors (Lipinski definition) is 3. The molecule has 0 spiro atoms. The van der Waals surface area contributed by atoms with Gasteiger partial charge in [-0.25, -0.2) is 0 Å². The summed E-state index contributed by atoms with van der Waals surface area (Å²) in [5, 5.41) is 2.64. The Morgan fingerprint density at radius 1 is 1.06 bits per heavy atom. The van der Waals surface area contributed by atoms with E-state index in [-0.39, 0.29) is 5.91 Å². The number of carbonyl (C=O) groups excluding carboxylic acids is 1. The van der Waals surface area contributed by atoms with Gasteiger partial charge in [-0.1, -0.05) is 36.0 Å². The highest BCUT2D eigenvalue weighted by Gasteiger charge is 2.11. The first kappa shape index (κ1) is 12.5. The number of nitrogens with two attached hydrogens (primary N) is 1. The fourth-order valence-electron chi connectivity index (χ4n) is 1.57. The fraction of sp³-hybridized carbons (Fsp3) is 0.0714. The number of nitrogen functional groups attached to an aromatic ring is 1. The Balaban J connectivity index is 2.35. The lowest BCUT2D eigenvalue weighted by Gasteiger charge is -2.09. The van der Waals surface area contributed by atoms with E-state index < -0.39 is 0 Å². The average Bonchev–Trinajstić information content (AvgIpc) is 2.41. The zero-order valence-corrected chi connectivity index (χ0v) is 10.8. The van der Waals surface area contributed by atoms with Crippen LogP contribution < -0.4 is 11.1 Å². The highest BCUT2D eigenvalue weighted by Crippen LogP contribution is 2.33. The molecule has 0 saturated heterocycles. The molecule has 0 unspecified atom stereocenters. The van der Waals surface area contributed by atoms with Gasteiger partial charge in [0.15, 0.2) is 0 Å². The second kappa shape index (κ2) is 5.60. The Hall–Kier alpha value is -1.94. The summed E-state index contributed by atoms with van der Waals surface area (Å²) in [5.74, 6) is -0.0902. The predicted octanol–water partition coefficient (Wildman–Crippen LogP) is 2.78. The van der Waals surface area contributed by atoms with Gasteiger partial charge in [0.05, 0.1) is 5.56 Å². The molecule has 2 aromatic rings. The Bertz CT molecular complexity index is 569. The maximum Gasteiger partial charge on any atom is 0.252 e. The number of benzene rings is 2. The molecule has 2 aromatic carbocycles. The van der Waals surface area contributed by atoms with Crippen molar-refractivity contribution in [1.82, 2.24) is 5.32 Å². The first-order chi connectivity index (χ1) is 8.72. The lowest BCUT2D eigenvalue weighted by molar-refractivity contribution is 0.0960. The molecule has 0 aliphatic carbocycles. The molecule has 0 saturated carbocycles. The molecule has 18 heavy (non-hydrogen) atoms. The Morgan fingerprint density at radius 3 is 2.33 bits per heavy atom. The van der Waals surface area contributed by atoms with Gasteiger partial charge in [-0.15, -0.1) is 0 Å². The highest BCUT2D eigenvalue weighted by molar-refractivity contribution is 7.99. The van der Waals surface area contributed by atoms with Crippen LogP contribution >= 0.6 is 11.8 Å². The number of carbonyl (C=O) groups is 1. The maximum atomic E-state index is 11.8. The lowest BCUT2D eigenvalue weighted by atomic mass is 10.2. The predicted molar refractivity (Wildman–Crippen MR) is 74.8 cm³/mol. The molecule has 3 nitrogen and oxygen atoms in total. The molecule has 2 rings (SSSR count). The summed E-state index contributed by atoms with van der Waals surface area (Å²) in [6, 6.07) is 15.1. The topological polar surface area (TPSA) is 55.1 Å². The van der Waals surface area contributed by atoms with E-state index in [4.69, 9.17) is 5.73 Å². The van der Waals surface area contributed by atoms with Crippen molar-refractivity contribution in [3.8, 4) is 0 Å². The van der Waals surface area contributed by atoms with Crippen LogP contribution in [-0.2, 0) is 0 Å². The molecule has 0 heterocycles. The third-order valence-electron chi connectivity index (χ3n) is 2.50. The van der Waals surface area contributed by atoms with E-state index in [2.05, 4.69) is 5.32 Å². The molecule has 0 aliphatic heterocycles. The number of anilines is 1. The van der Waals surface area contributed by atoms with Crippen molar-refractivity contribution in [3.63, 3.8) is 0 Å². The van der Waals surface area contributed by atoms with Gasteiger partial charge < -0.3 is 11.1 Å². The number of para-hydroxylation sites is 1. The minimum absolute atomic E-state index is 0.0902. The Kier molecular flexibility index (Phi) is 3.89. The fourth-order valence-corrected chi connectivity index (χ4v) is 2.56. The number of nitrogens with one attached hydrogen (secondary N) is 1. The van der Waals surface area contributed by atoms with Crippen molar-refractivity contribution in [2.75, 3.05) is 12.8 Å². The van der Waals surface area contributed by atoms with Gasteiger partial charge in [0, 0.05) is 22.5 Å². The van der Waals surface area contributed by atoms with Gasteiger partial charge >= 0.3 is 0 Å². The van der Waals surface area contributed by atoms with E-state index in [1.165, 1.54) is 11.8 Å². The van der Waals surface area contributed by atoms with E-state index in [1.807, 2.05) is 42.5 Å². The molecule has 92 valence electrons. The van der Waals surface area contributed by atoms with Crippen molar-refractivity contribution >= 4 is 23.4 Å². The minimum atomic E-state index is -0.0902. The SMILES string of the molecule is CNC(=O)c1ccccc1Sc1ccccc1N. The van der Waals surface area contributed by atoms with Crippen LogP contribution in [0.3, 0.4) is 0 Å². The van der Waals surface area contributed by atoms with E-state index in [0.717, 1.165) is 9.79 Å². The summed E-state index contributed by atoms with van der Waals surface area (Å²) in [5.41, 5.74) is 7.28. The standard InChI is InChI=1S/C14H14N2OS/c1-16-14(17)10-6-2-4-8-12(10)18-13-9-5-3-7-11(13)15/h2-9H,15H2,1H3,(H,16,17). The van der Waals surface area contributed by atoms with E-state index in [9.17, 15) is 4.79 Å².